The number of anilines is 1. The van der Waals surface area contributed by atoms with Gasteiger partial charge in [0.05, 0.1) is 13.0 Å². The van der Waals surface area contributed by atoms with Gasteiger partial charge in [-0.25, -0.2) is 4.98 Å². The summed E-state index contributed by atoms with van der Waals surface area (Å²) in [5, 5.41) is 13.7. The number of hydrogen-bond donors (Lipinski definition) is 3. The van der Waals surface area contributed by atoms with Gasteiger partial charge in [0.1, 0.15) is 0 Å². The maximum absolute atomic E-state index is 11.0. The SMILES string of the molecule is NC1=NCCS1.O=C(O)CCC(=O)Nc1nccs1. The summed E-state index contributed by atoms with van der Waals surface area (Å²) in [6, 6.07) is 0. The van der Waals surface area contributed by atoms with Gasteiger partial charge in [0, 0.05) is 23.8 Å². The summed E-state index contributed by atoms with van der Waals surface area (Å²) in [5.74, 6) is -0.224. The molecule has 1 aromatic heterocycles. The predicted molar refractivity (Wildman–Crippen MR) is 76.6 cm³/mol. The molecule has 1 aliphatic heterocycles. The van der Waals surface area contributed by atoms with E-state index < -0.39 is 5.97 Å². The Labute approximate surface area is 118 Å². The number of thioether (sulfide) groups is 1. The van der Waals surface area contributed by atoms with Gasteiger partial charge in [0.25, 0.3) is 0 Å². The smallest absolute Gasteiger partial charge is 0.303 e. The Morgan fingerprint density at radius 3 is 2.68 bits per heavy atom. The van der Waals surface area contributed by atoms with Crippen molar-refractivity contribution in [2.45, 2.75) is 12.8 Å². The van der Waals surface area contributed by atoms with Gasteiger partial charge in [-0.15, -0.1) is 11.3 Å². The van der Waals surface area contributed by atoms with Crippen molar-refractivity contribution in [3.63, 3.8) is 0 Å². The lowest BCUT2D eigenvalue weighted by molar-refractivity contribution is -0.138. The highest BCUT2D eigenvalue weighted by atomic mass is 32.2. The number of amidine groups is 1. The molecule has 9 heteroatoms. The summed E-state index contributed by atoms with van der Waals surface area (Å²) in [7, 11) is 0. The molecule has 0 aromatic carbocycles. The Hall–Kier alpha value is -1.61. The minimum Gasteiger partial charge on any atom is -0.481 e. The Kier molecular flexibility index (Phi) is 6.90. The van der Waals surface area contributed by atoms with E-state index in [-0.39, 0.29) is 18.7 Å². The van der Waals surface area contributed by atoms with Crippen LogP contribution in [0.4, 0.5) is 5.13 Å². The molecule has 7 nitrogen and oxygen atoms in total. The van der Waals surface area contributed by atoms with Crippen LogP contribution in [0.3, 0.4) is 0 Å². The van der Waals surface area contributed by atoms with Gasteiger partial charge < -0.3 is 16.2 Å². The molecule has 0 unspecified atom stereocenters. The lowest BCUT2D eigenvalue weighted by Gasteiger charge is -1.97. The van der Waals surface area contributed by atoms with E-state index in [0.717, 1.165) is 17.5 Å². The van der Waals surface area contributed by atoms with E-state index in [4.69, 9.17) is 10.8 Å². The Balaban J connectivity index is 0.000000250. The van der Waals surface area contributed by atoms with Crippen LogP contribution < -0.4 is 11.1 Å². The minimum atomic E-state index is -0.978. The van der Waals surface area contributed by atoms with Crippen molar-refractivity contribution in [3.05, 3.63) is 11.6 Å². The topological polar surface area (TPSA) is 118 Å². The van der Waals surface area contributed by atoms with Crippen LogP contribution in [0, 0.1) is 0 Å². The van der Waals surface area contributed by atoms with E-state index in [1.807, 2.05) is 0 Å². The van der Waals surface area contributed by atoms with Crippen LogP contribution in [0.1, 0.15) is 12.8 Å². The fourth-order valence-corrected chi connectivity index (χ4v) is 2.16. The monoisotopic (exact) mass is 302 g/mol. The van der Waals surface area contributed by atoms with Crippen molar-refractivity contribution < 1.29 is 14.7 Å². The molecule has 1 amide bonds. The van der Waals surface area contributed by atoms with Crippen LogP contribution in [0.15, 0.2) is 16.6 Å². The zero-order chi connectivity index (χ0) is 14.1. The van der Waals surface area contributed by atoms with Crippen LogP contribution in [-0.4, -0.2) is 39.4 Å². The molecule has 4 N–H and O–H groups in total. The number of aromatic nitrogens is 1. The number of rotatable bonds is 4. The van der Waals surface area contributed by atoms with E-state index in [0.29, 0.717) is 5.13 Å². The maximum Gasteiger partial charge on any atom is 0.303 e. The molecule has 0 spiro atoms. The van der Waals surface area contributed by atoms with Gasteiger partial charge in [0.2, 0.25) is 5.91 Å². The fourth-order valence-electron chi connectivity index (χ4n) is 1.04. The number of aliphatic carboxylic acids is 1. The Morgan fingerprint density at radius 1 is 1.47 bits per heavy atom. The molecule has 104 valence electrons. The van der Waals surface area contributed by atoms with E-state index in [1.165, 1.54) is 11.3 Å². The molecule has 0 bridgehead atoms. The number of carbonyl (C=O) groups excluding carboxylic acids is 1. The van der Waals surface area contributed by atoms with E-state index in [1.54, 1.807) is 23.3 Å². The lowest BCUT2D eigenvalue weighted by Crippen LogP contribution is -2.12. The van der Waals surface area contributed by atoms with Gasteiger partial charge in [-0.1, -0.05) is 11.8 Å². The molecule has 2 heterocycles. The van der Waals surface area contributed by atoms with Crippen LogP contribution in [0.2, 0.25) is 0 Å². The first kappa shape index (κ1) is 15.4. The molecule has 0 fully saturated rings. The highest BCUT2D eigenvalue weighted by Gasteiger charge is 2.06. The van der Waals surface area contributed by atoms with Gasteiger partial charge in [-0.2, -0.15) is 0 Å². The van der Waals surface area contributed by atoms with Crippen molar-refractivity contribution in [1.82, 2.24) is 4.98 Å². The first-order valence-electron chi connectivity index (χ1n) is 5.42. The summed E-state index contributed by atoms with van der Waals surface area (Å²) in [4.78, 5) is 28.8. The van der Waals surface area contributed by atoms with Crippen LogP contribution >= 0.6 is 23.1 Å². The molecule has 1 aliphatic rings. The van der Waals surface area contributed by atoms with Crippen molar-refractivity contribution in [1.29, 1.82) is 0 Å². The molecular formula is C10H14N4O3S2. The van der Waals surface area contributed by atoms with Crippen molar-refractivity contribution in [3.8, 4) is 0 Å². The van der Waals surface area contributed by atoms with Crippen molar-refractivity contribution in [2.75, 3.05) is 17.6 Å². The van der Waals surface area contributed by atoms with E-state index in [2.05, 4.69) is 15.3 Å². The molecule has 1 aromatic rings. The number of thiazole rings is 1. The second-order valence-corrected chi connectivity index (χ2v) is 5.36. The highest BCUT2D eigenvalue weighted by molar-refractivity contribution is 8.14. The number of nitrogens with two attached hydrogens (primary N) is 1. The number of hydrogen-bond acceptors (Lipinski definition) is 7. The number of carboxylic acid groups (broad SMARTS) is 1. The molecule has 0 atom stereocenters. The first-order chi connectivity index (χ1) is 9.08. The molecule has 0 saturated carbocycles. The van der Waals surface area contributed by atoms with Crippen LogP contribution in [0.25, 0.3) is 0 Å². The zero-order valence-electron chi connectivity index (χ0n) is 10.0. The average Bonchev–Trinajstić information content (AvgIpc) is 3.01. The third-order valence-electron chi connectivity index (χ3n) is 1.85. The number of amides is 1. The van der Waals surface area contributed by atoms with Crippen LogP contribution in [0.5, 0.6) is 0 Å². The largest absolute Gasteiger partial charge is 0.481 e. The summed E-state index contributed by atoms with van der Waals surface area (Å²) in [6.45, 7) is 0.913. The van der Waals surface area contributed by atoms with Crippen molar-refractivity contribution >= 4 is 45.3 Å². The fraction of sp³-hybridized carbons (Fsp3) is 0.400. The predicted octanol–water partition coefficient (Wildman–Crippen LogP) is 0.994. The molecular weight excluding hydrogens is 288 g/mol. The quantitative estimate of drug-likeness (QED) is 0.763. The van der Waals surface area contributed by atoms with Gasteiger partial charge in [-0.3, -0.25) is 14.6 Å². The summed E-state index contributed by atoms with van der Waals surface area (Å²) in [5.41, 5.74) is 5.25. The summed E-state index contributed by atoms with van der Waals surface area (Å²) >= 11 is 2.92. The van der Waals surface area contributed by atoms with Crippen LogP contribution in [-0.2, 0) is 9.59 Å². The number of carboxylic acids is 1. The molecule has 0 saturated heterocycles. The average molecular weight is 302 g/mol. The maximum atomic E-state index is 11.0. The Morgan fingerprint density at radius 2 is 2.26 bits per heavy atom. The Bertz CT molecular complexity index is 448. The lowest BCUT2D eigenvalue weighted by atomic mass is 10.3. The normalized spacial score (nSPS) is 13.2. The van der Waals surface area contributed by atoms with Crippen molar-refractivity contribution in [2.24, 2.45) is 10.7 Å². The number of aliphatic imine (C=N–C) groups is 1. The third kappa shape index (κ3) is 7.42. The molecule has 0 radical (unpaired) electrons. The standard InChI is InChI=1S/C7H8N2O3S.C3H6N2S/c10-5(1-2-6(11)12)9-7-8-3-4-13-7;4-3-5-1-2-6-3/h3-4H,1-2H2,(H,11,12)(H,8,9,10);1-2H2,(H2,4,5). The second-order valence-electron chi connectivity index (χ2n) is 3.35. The van der Waals surface area contributed by atoms with Gasteiger partial charge in [-0.05, 0) is 0 Å². The van der Waals surface area contributed by atoms with E-state index in [9.17, 15) is 9.59 Å². The first-order valence-corrected chi connectivity index (χ1v) is 7.28. The number of nitrogens with one attached hydrogen (secondary N) is 1. The van der Waals surface area contributed by atoms with Gasteiger partial charge in [0.15, 0.2) is 10.3 Å². The molecule has 0 aliphatic carbocycles. The number of carbonyl (C=O) groups is 2. The highest BCUT2D eigenvalue weighted by Crippen LogP contribution is 2.10. The molecule has 2 rings (SSSR count). The summed E-state index contributed by atoms with van der Waals surface area (Å²) in [6.07, 6.45) is 1.39. The van der Waals surface area contributed by atoms with Gasteiger partial charge >= 0.3 is 5.97 Å². The minimum absolute atomic E-state index is 0.0189. The summed E-state index contributed by atoms with van der Waals surface area (Å²) < 4.78 is 0. The third-order valence-corrected chi connectivity index (χ3v) is 3.35. The second kappa shape index (κ2) is 8.48. The zero-order valence-corrected chi connectivity index (χ0v) is 11.7. The molecule has 19 heavy (non-hydrogen) atoms. The van der Waals surface area contributed by atoms with E-state index >= 15 is 0 Å². The number of nitrogens with zero attached hydrogens (tertiary/aromatic N) is 2.